The van der Waals surface area contributed by atoms with Crippen molar-refractivity contribution in [2.45, 2.75) is 38.9 Å². The molecule has 6 rings (SSSR count). The van der Waals surface area contributed by atoms with Gasteiger partial charge in [-0.2, -0.15) is 0 Å². The first kappa shape index (κ1) is 19.5. The Labute approximate surface area is 187 Å². The van der Waals surface area contributed by atoms with Crippen LogP contribution in [-0.4, -0.2) is 23.3 Å². The third kappa shape index (κ3) is 2.89. The first-order valence-corrected chi connectivity index (χ1v) is 11.0. The van der Waals surface area contributed by atoms with Crippen LogP contribution in [0.5, 0.6) is 0 Å². The lowest BCUT2D eigenvalue weighted by Crippen LogP contribution is -2.41. The van der Waals surface area contributed by atoms with Crippen molar-refractivity contribution in [2.75, 3.05) is 0 Å². The van der Waals surface area contributed by atoms with Gasteiger partial charge in [-0.3, -0.25) is 0 Å². The zero-order chi connectivity index (χ0) is 22.1. The molecular formula is C27H24BNO3. The van der Waals surface area contributed by atoms with Crippen molar-refractivity contribution >= 4 is 45.2 Å². The van der Waals surface area contributed by atoms with Crippen LogP contribution in [0, 0.1) is 0 Å². The van der Waals surface area contributed by atoms with Gasteiger partial charge in [0.25, 0.3) is 0 Å². The summed E-state index contributed by atoms with van der Waals surface area (Å²) in [5.74, 6) is 0.638. The highest BCUT2D eigenvalue weighted by atomic mass is 16.7. The van der Waals surface area contributed by atoms with Gasteiger partial charge in [0.1, 0.15) is 5.52 Å². The monoisotopic (exact) mass is 421 g/mol. The summed E-state index contributed by atoms with van der Waals surface area (Å²) in [6.45, 7) is 8.30. The molecule has 4 aromatic carbocycles. The van der Waals surface area contributed by atoms with Crippen LogP contribution in [0.3, 0.4) is 0 Å². The Hall–Kier alpha value is -3.15. The van der Waals surface area contributed by atoms with Crippen LogP contribution < -0.4 is 5.46 Å². The van der Waals surface area contributed by atoms with Crippen molar-refractivity contribution in [3.63, 3.8) is 0 Å². The summed E-state index contributed by atoms with van der Waals surface area (Å²) in [7, 11) is -0.383. The van der Waals surface area contributed by atoms with Gasteiger partial charge in [0.05, 0.1) is 11.2 Å². The Bertz CT molecular complexity index is 1470. The number of fused-ring (bicyclic) bond motifs is 5. The van der Waals surface area contributed by atoms with Crippen molar-refractivity contribution in [3.8, 4) is 11.5 Å². The molecule has 0 unspecified atom stereocenters. The number of oxazole rings is 1. The zero-order valence-corrected chi connectivity index (χ0v) is 18.7. The molecule has 32 heavy (non-hydrogen) atoms. The molecule has 0 spiro atoms. The summed E-state index contributed by atoms with van der Waals surface area (Å²) in [6, 6.07) is 24.8. The molecule has 5 heteroatoms. The second kappa shape index (κ2) is 6.68. The van der Waals surface area contributed by atoms with E-state index in [9.17, 15) is 0 Å². The Kier molecular flexibility index (Phi) is 4.08. The molecule has 1 fully saturated rings. The SMILES string of the molecule is CC1(C)OB(c2ccc3c(ccc4ccc5nc(-c6ccccc6)oc5c43)c2)OC1(C)C. The van der Waals surface area contributed by atoms with Gasteiger partial charge < -0.3 is 13.7 Å². The maximum Gasteiger partial charge on any atom is 0.494 e. The second-order valence-electron chi connectivity index (χ2n) is 9.53. The predicted molar refractivity (Wildman–Crippen MR) is 130 cm³/mol. The highest BCUT2D eigenvalue weighted by Gasteiger charge is 2.51. The minimum Gasteiger partial charge on any atom is -0.435 e. The average Bonchev–Trinajstić information content (AvgIpc) is 3.31. The van der Waals surface area contributed by atoms with Gasteiger partial charge in [-0.15, -0.1) is 0 Å². The Morgan fingerprint density at radius 1 is 0.750 bits per heavy atom. The van der Waals surface area contributed by atoms with Gasteiger partial charge in [0.2, 0.25) is 5.89 Å². The fourth-order valence-corrected chi connectivity index (χ4v) is 4.38. The van der Waals surface area contributed by atoms with Crippen molar-refractivity contribution in [2.24, 2.45) is 0 Å². The number of hydrogen-bond acceptors (Lipinski definition) is 4. The summed E-state index contributed by atoms with van der Waals surface area (Å²) in [4.78, 5) is 4.75. The normalized spacial score (nSPS) is 17.6. The largest absolute Gasteiger partial charge is 0.494 e. The lowest BCUT2D eigenvalue weighted by Gasteiger charge is -2.32. The van der Waals surface area contributed by atoms with Crippen LogP contribution in [0.4, 0.5) is 0 Å². The molecule has 1 aliphatic heterocycles. The fraction of sp³-hybridized carbons (Fsp3) is 0.222. The first-order valence-electron chi connectivity index (χ1n) is 11.0. The second-order valence-corrected chi connectivity index (χ2v) is 9.53. The lowest BCUT2D eigenvalue weighted by atomic mass is 9.78. The molecule has 158 valence electrons. The minimum absolute atomic E-state index is 0.365. The van der Waals surface area contributed by atoms with E-state index < -0.39 is 0 Å². The molecule has 0 radical (unpaired) electrons. The quantitative estimate of drug-likeness (QED) is 0.255. The Balaban J connectivity index is 1.51. The topological polar surface area (TPSA) is 44.5 Å². The molecule has 0 N–H and O–H groups in total. The molecule has 4 nitrogen and oxygen atoms in total. The van der Waals surface area contributed by atoms with Crippen molar-refractivity contribution in [1.29, 1.82) is 0 Å². The van der Waals surface area contributed by atoms with Crippen LogP contribution in [0.1, 0.15) is 27.7 Å². The van der Waals surface area contributed by atoms with Crippen molar-refractivity contribution < 1.29 is 13.7 Å². The maximum absolute atomic E-state index is 6.30. The lowest BCUT2D eigenvalue weighted by molar-refractivity contribution is 0.00578. The summed E-state index contributed by atoms with van der Waals surface area (Å²) < 4.78 is 18.8. The molecule has 0 amide bonds. The van der Waals surface area contributed by atoms with Crippen LogP contribution in [-0.2, 0) is 9.31 Å². The Morgan fingerprint density at radius 3 is 2.19 bits per heavy atom. The number of rotatable bonds is 2. The highest BCUT2D eigenvalue weighted by Crippen LogP contribution is 2.38. The molecule has 0 bridgehead atoms. The van der Waals surface area contributed by atoms with E-state index in [4.69, 9.17) is 18.7 Å². The molecule has 1 aliphatic rings. The van der Waals surface area contributed by atoms with Gasteiger partial charge in [0, 0.05) is 10.9 Å². The number of hydrogen-bond donors (Lipinski definition) is 0. The highest BCUT2D eigenvalue weighted by molar-refractivity contribution is 6.62. The third-order valence-electron chi connectivity index (χ3n) is 6.92. The molecule has 5 aromatic rings. The van der Waals surface area contributed by atoms with E-state index in [1.54, 1.807) is 0 Å². The molecule has 1 aromatic heterocycles. The van der Waals surface area contributed by atoms with E-state index in [0.29, 0.717) is 5.89 Å². The van der Waals surface area contributed by atoms with Crippen molar-refractivity contribution in [1.82, 2.24) is 4.98 Å². The van der Waals surface area contributed by atoms with E-state index in [1.807, 2.05) is 36.4 Å². The summed E-state index contributed by atoms with van der Waals surface area (Å²) in [5, 5.41) is 4.46. The van der Waals surface area contributed by atoms with Gasteiger partial charge in [0.15, 0.2) is 5.58 Å². The van der Waals surface area contributed by atoms with E-state index in [1.165, 1.54) is 0 Å². The summed E-state index contributed by atoms with van der Waals surface area (Å²) in [5.41, 5.74) is 2.94. The molecular weight excluding hydrogens is 397 g/mol. The third-order valence-corrected chi connectivity index (χ3v) is 6.92. The van der Waals surface area contributed by atoms with Crippen molar-refractivity contribution in [3.05, 3.63) is 72.8 Å². The van der Waals surface area contributed by atoms with E-state index in [-0.39, 0.29) is 18.3 Å². The molecule has 2 heterocycles. The van der Waals surface area contributed by atoms with Crippen LogP contribution in [0.15, 0.2) is 77.2 Å². The van der Waals surface area contributed by atoms with Gasteiger partial charge in [-0.1, -0.05) is 54.6 Å². The van der Waals surface area contributed by atoms with E-state index in [0.717, 1.165) is 43.7 Å². The summed E-state index contributed by atoms with van der Waals surface area (Å²) in [6.07, 6.45) is 0. The van der Waals surface area contributed by atoms with Gasteiger partial charge in [-0.05, 0) is 67.5 Å². The first-order chi connectivity index (χ1) is 15.3. The van der Waals surface area contributed by atoms with E-state index >= 15 is 0 Å². The Morgan fingerprint density at radius 2 is 1.44 bits per heavy atom. The smallest absolute Gasteiger partial charge is 0.435 e. The zero-order valence-electron chi connectivity index (χ0n) is 18.7. The number of benzene rings is 4. The standard InChI is InChI=1S/C27H24BNO3/c1-26(2)27(3,4)32-28(31-26)20-13-14-21-19(16-20)11-10-17-12-15-22-24(23(17)21)30-25(29-22)18-8-6-5-7-9-18/h5-16H,1-4H3. The number of nitrogens with zero attached hydrogens (tertiary/aromatic N) is 1. The molecule has 0 aliphatic carbocycles. The average molecular weight is 421 g/mol. The van der Waals surface area contributed by atoms with E-state index in [2.05, 4.69) is 64.1 Å². The molecule has 1 saturated heterocycles. The predicted octanol–water partition coefficient (Wildman–Crippen LogP) is 6.10. The fourth-order valence-electron chi connectivity index (χ4n) is 4.38. The maximum atomic E-state index is 6.30. The minimum atomic E-state index is -0.383. The molecule has 0 saturated carbocycles. The summed E-state index contributed by atoms with van der Waals surface area (Å²) >= 11 is 0. The van der Waals surface area contributed by atoms with Crippen LogP contribution in [0.25, 0.3) is 44.1 Å². The van der Waals surface area contributed by atoms with Crippen LogP contribution in [0.2, 0.25) is 0 Å². The van der Waals surface area contributed by atoms with Gasteiger partial charge in [-0.25, -0.2) is 4.98 Å². The van der Waals surface area contributed by atoms with Crippen LogP contribution >= 0.6 is 0 Å². The molecule has 0 atom stereocenters. The van der Waals surface area contributed by atoms with Gasteiger partial charge >= 0.3 is 7.12 Å². The number of aromatic nitrogens is 1.